The summed E-state index contributed by atoms with van der Waals surface area (Å²) < 4.78 is 17.7. The molecule has 2 aromatic rings. The van der Waals surface area contributed by atoms with Crippen molar-refractivity contribution in [2.75, 3.05) is 6.61 Å². The van der Waals surface area contributed by atoms with E-state index in [0.717, 1.165) is 10.8 Å². The molecule has 0 aliphatic heterocycles. The first-order chi connectivity index (χ1) is 9.95. The lowest BCUT2D eigenvalue weighted by atomic mass is 10.1. The lowest BCUT2D eigenvalue weighted by Gasteiger charge is -2.19. The van der Waals surface area contributed by atoms with Crippen LogP contribution in [0.5, 0.6) is 0 Å². The molecule has 0 aliphatic carbocycles. The maximum atomic E-state index is 12.8. The Bertz CT molecular complexity index is 699. The number of hydrogen-bond acceptors (Lipinski definition) is 3. The highest BCUT2D eigenvalue weighted by Gasteiger charge is 2.28. The molecule has 0 amide bonds. The van der Waals surface area contributed by atoms with Crippen LogP contribution < -0.4 is 10.4 Å². The number of esters is 1. The van der Waals surface area contributed by atoms with Crippen molar-refractivity contribution >= 4 is 39.9 Å². The SMILES string of the molecule is CCOC(=O)[C@H](C)NP(=O)(Cl)c1cccc2ccccc12. The quantitative estimate of drug-likeness (QED) is 0.676. The smallest absolute Gasteiger partial charge is 0.323 e. The summed E-state index contributed by atoms with van der Waals surface area (Å²) in [7, 11) is 0. The summed E-state index contributed by atoms with van der Waals surface area (Å²) in [4.78, 5) is 11.7. The molecule has 1 N–H and O–H groups in total. The molecule has 6 heteroatoms. The van der Waals surface area contributed by atoms with Crippen molar-refractivity contribution in [1.82, 2.24) is 5.09 Å². The summed E-state index contributed by atoms with van der Waals surface area (Å²) in [5.41, 5.74) is 0. The van der Waals surface area contributed by atoms with Crippen LogP contribution in [0.15, 0.2) is 42.5 Å². The zero-order valence-corrected chi connectivity index (χ0v) is 13.5. The van der Waals surface area contributed by atoms with Crippen LogP contribution in [0, 0.1) is 0 Å². The van der Waals surface area contributed by atoms with Crippen LogP contribution in [-0.2, 0) is 14.1 Å². The predicted octanol–water partition coefficient (Wildman–Crippen LogP) is 3.44. The van der Waals surface area contributed by atoms with Gasteiger partial charge in [-0.15, -0.1) is 0 Å². The third kappa shape index (κ3) is 3.65. The highest BCUT2D eigenvalue weighted by molar-refractivity contribution is 7.93. The summed E-state index contributed by atoms with van der Waals surface area (Å²) in [6, 6.07) is 12.2. The molecule has 1 unspecified atom stereocenters. The van der Waals surface area contributed by atoms with Gasteiger partial charge in [0.1, 0.15) is 6.04 Å². The van der Waals surface area contributed by atoms with Crippen molar-refractivity contribution in [2.24, 2.45) is 0 Å². The molecule has 21 heavy (non-hydrogen) atoms. The van der Waals surface area contributed by atoms with Gasteiger partial charge in [0.05, 0.1) is 6.61 Å². The number of benzene rings is 2. The number of halogens is 1. The highest BCUT2D eigenvalue weighted by Crippen LogP contribution is 2.47. The van der Waals surface area contributed by atoms with Crippen LogP contribution >= 0.6 is 17.9 Å². The first-order valence-electron chi connectivity index (χ1n) is 6.68. The van der Waals surface area contributed by atoms with E-state index in [0.29, 0.717) is 5.30 Å². The monoisotopic (exact) mass is 325 g/mol. The van der Waals surface area contributed by atoms with E-state index < -0.39 is 18.7 Å². The molecule has 2 aromatic carbocycles. The van der Waals surface area contributed by atoms with Crippen molar-refractivity contribution in [3.63, 3.8) is 0 Å². The van der Waals surface area contributed by atoms with Crippen molar-refractivity contribution in [1.29, 1.82) is 0 Å². The summed E-state index contributed by atoms with van der Waals surface area (Å²) in [6.07, 6.45) is 0. The highest BCUT2D eigenvalue weighted by atomic mass is 35.7. The molecule has 0 spiro atoms. The number of hydrogen-bond donors (Lipinski definition) is 1. The molecule has 0 bridgehead atoms. The van der Waals surface area contributed by atoms with Gasteiger partial charge in [0.2, 0.25) is 0 Å². The summed E-state index contributed by atoms with van der Waals surface area (Å²) in [5, 5.41) is 4.95. The van der Waals surface area contributed by atoms with Crippen molar-refractivity contribution in [2.45, 2.75) is 19.9 Å². The average molecular weight is 326 g/mol. The molecular weight excluding hydrogens is 309 g/mol. The van der Waals surface area contributed by atoms with Crippen LogP contribution in [0.25, 0.3) is 10.8 Å². The van der Waals surface area contributed by atoms with Crippen molar-refractivity contribution in [3.05, 3.63) is 42.5 Å². The van der Waals surface area contributed by atoms with Crippen LogP contribution in [0.2, 0.25) is 0 Å². The third-order valence-electron chi connectivity index (χ3n) is 3.08. The van der Waals surface area contributed by atoms with Crippen LogP contribution in [0.3, 0.4) is 0 Å². The molecule has 0 radical (unpaired) electrons. The number of fused-ring (bicyclic) bond motifs is 1. The van der Waals surface area contributed by atoms with Gasteiger partial charge in [-0.3, -0.25) is 9.36 Å². The molecule has 2 atom stereocenters. The Balaban J connectivity index is 2.34. The normalized spacial score (nSPS) is 15.4. The Labute approximate surface area is 128 Å². The molecule has 0 saturated heterocycles. The maximum absolute atomic E-state index is 12.8. The second kappa shape index (κ2) is 6.61. The number of nitrogens with one attached hydrogen (secondary N) is 1. The lowest BCUT2D eigenvalue weighted by molar-refractivity contribution is -0.144. The molecule has 0 fully saturated rings. The zero-order chi connectivity index (χ0) is 15.5. The van der Waals surface area contributed by atoms with Gasteiger partial charge in [-0.1, -0.05) is 36.4 Å². The van der Waals surface area contributed by atoms with Crippen molar-refractivity contribution < 1.29 is 14.1 Å². The van der Waals surface area contributed by atoms with E-state index in [9.17, 15) is 9.36 Å². The van der Waals surface area contributed by atoms with E-state index in [2.05, 4.69) is 5.09 Å². The summed E-state index contributed by atoms with van der Waals surface area (Å²) in [5.74, 6) is -0.474. The zero-order valence-electron chi connectivity index (χ0n) is 11.9. The number of ether oxygens (including phenoxy) is 1. The summed E-state index contributed by atoms with van der Waals surface area (Å²) in [6.45, 7) is 0.166. The van der Waals surface area contributed by atoms with Gasteiger partial charge in [0.15, 0.2) is 0 Å². The van der Waals surface area contributed by atoms with Crippen molar-refractivity contribution in [3.8, 4) is 0 Å². The topological polar surface area (TPSA) is 55.4 Å². The Morgan fingerprint density at radius 2 is 1.95 bits per heavy atom. The number of rotatable bonds is 5. The third-order valence-corrected chi connectivity index (χ3v) is 5.64. The molecule has 0 saturated carbocycles. The number of carbonyl (C=O) groups excluding carboxylic acids is 1. The minimum Gasteiger partial charge on any atom is -0.465 e. The van der Waals surface area contributed by atoms with Gasteiger partial charge in [0.25, 0.3) is 6.65 Å². The molecule has 0 aromatic heterocycles. The molecular formula is C15H17ClNO3P. The fourth-order valence-electron chi connectivity index (χ4n) is 2.10. The fraction of sp³-hybridized carbons (Fsp3) is 0.267. The molecule has 0 heterocycles. The second-order valence-electron chi connectivity index (χ2n) is 4.63. The van der Waals surface area contributed by atoms with Gasteiger partial charge >= 0.3 is 5.97 Å². The number of carbonyl (C=O) groups is 1. The van der Waals surface area contributed by atoms with E-state index in [4.69, 9.17) is 16.0 Å². The van der Waals surface area contributed by atoms with E-state index in [1.807, 2.05) is 30.3 Å². The first-order valence-corrected chi connectivity index (χ1v) is 9.29. The van der Waals surface area contributed by atoms with Crippen LogP contribution in [0.1, 0.15) is 13.8 Å². The fourth-order valence-corrected chi connectivity index (χ4v) is 4.51. The van der Waals surface area contributed by atoms with Gasteiger partial charge in [-0.25, -0.2) is 5.09 Å². The molecule has 2 rings (SSSR count). The van der Waals surface area contributed by atoms with Crippen LogP contribution in [-0.4, -0.2) is 18.6 Å². The lowest BCUT2D eigenvalue weighted by Crippen LogP contribution is -2.34. The predicted molar refractivity (Wildman–Crippen MR) is 86.3 cm³/mol. The largest absolute Gasteiger partial charge is 0.465 e. The first kappa shape index (κ1) is 16.0. The Kier molecular flexibility index (Phi) is 5.04. The Morgan fingerprint density at radius 1 is 1.29 bits per heavy atom. The molecule has 0 aliphatic rings. The average Bonchev–Trinajstić information content (AvgIpc) is 2.46. The minimum absolute atomic E-state index is 0.270. The minimum atomic E-state index is -3.40. The van der Waals surface area contributed by atoms with E-state index >= 15 is 0 Å². The maximum Gasteiger partial charge on any atom is 0.323 e. The van der Waals surface area contributed by atoms with Gasteiger partial charge in [-0.2, -0.15) is 0 Å². The summed E-state index contributed by atoms with van der Waals surface area (Å²) >= 11 is 6.22. The standard InChI is InChI=1S/C15H17ClNO3P/c1-3-20-15(18)11(2)17-21(16,19)14-10-6-8-12-7-4-5-9-13(12)14/h4-11H,3H2,1-2H3,(H,17,19)/t11-,21?/m0/s1. The van der Waals surface area contributed by atoms with Gasteiger partial charge in [0, 0.05) is 5.30 Å². The van der Waals surface area contributed by atoms with E-state index in [-0.39, 0.29) is 6.61 Å². The Morgan fingerprint density at radius 3 is 2.67 bits per heavy atom. The van der Waals surface area contributed by atoms with Crippen LogP contribution in [0.4, 0.5) is 0 Å². The molecule has 4 nitrogen and oxygen atoms in total. The van der Waals surface area contributed by atoms with E-state index in [1.54, 1.807) is 26.0 Å². The van der Waals surface area contributed by atoms with Gasteiger partial charge < -0.3 is 4.74 Å². The van der Waals surface area contributed by atoms with Gasteiger partial charge in [-0.05, 0) is 41.9 Å². The Hall–Kier alpha value is -1.35. The van der Waals surface area contributed by atoms with E-state index in [1.165, 1.54) is 0 Å². The second-order valence-corrected chi connectivity index (χ2v) is 7.87. The molecule has 112 valence electrons.